The zero-order valence-corrected chi connectivity index (χ0v) is 13.3. The second-order valence-corrected chi connectivity index (χ2v) is 6.32. The predicted octanol–water partition coefficient (Wildman–Crippen LogP) is 2.75. The Morgan fingerprint density at radius 2 is 2.19 bits per heavy atom. The molecule has 2 heterocycles. The van der Waals surface area contributed by atoms with Crippen molar-refractivity contribution in [1.82, 2.24) is 10.3 Å². The van der Waals surface area contributed by atoms with Crippen LogP contribution < -0.4 is 10.2 Å². The lowest BCUT2D eigenvalue weighted by Gasteiger charge is -2.13. The van der Waals surface area contributed by atoms with E-state index in [1.807, 2.05) is 13.1 Å². The third kappa shape index (κ3) is 3.10. The molecule has 1 unspecified atom stereocenters. The molecular formula is C16H21N3OS. The summed E-state index contributed by atoms with van der Waals surface area (Å²) < 4.78 is 5.45. The Morgan fingerprint density at radius 1 is 1.38 bits per heavy atom. The van der Waals surface area contributed by atoms with E-state index in [2.05, 4.69) is 34.5 Å². The Morgan fingerprint density at radius 3 is 2.86 bits per heavy atom. The maximum absolute atomic E-state index is 5.45. The molecule has 5 heteroatoms. The van der Waals surface area contributed by atoms with Crippen molar-refractivity contribution in [3.63, 3.8) is 0 Å². The topological polar surface area (TPSA) is 37.4 Å². The molecular weight excluding hydrogens is 282 g/mol. The number of anilines is 1. The van der Waals surface area contributed by atoms with E-state index in [-0.39, 0.29) is 0 Å². The number of hydrogen-bond donors (Lipinski definition) is 1. The van der Waals surface area contributed by atoms with Gasteiger partial charge in [-0.25, -0.2) is 4.98 Å². The summed E-state index contributed by atoms with van der Waals surface area (Å²) in [5.74, 6) is 0. The van der Waals surface area contributed by atoms with Gasteiger partial charge in [-0.2, -0.15) is 0 Å². The first-order valence-electron chi connectivity index (χ1n) is 7.29. The Kier molecular flexibility index (Phi) is 4.53. The summed E-state index contributed by atoms with van der Waals surface area (Å²) in [5, 5.41) is 4.36. The molecule has 112 valence electrons. The second kappa shape index (κ2) is 6.56. The van der Waals surface area contributed by atoms with Crippen molar-refractivity contribution >= 4 is 16.5 Å². The van der Waals surface area contributed by atoms with Crippen LogP contribution in [0.15, 0.2) is 30.3 Å². The Bertz CT molecular complexity index is 584. The zero-order chi connectivity index (χ0) is 14.7. The number of benzene rings is 1. The molecule has 4 nitrogen and oxygen atoms in total. The summed E-state index contributed by atoms with van der Waals surface area (Å²) in [6, 6.07) is 10.4. The average molecular weight is 303 g/mol. The summed E-state index contributed by atoms with van der Waals surface area (Å²) in [6.45, 7) is 2.82. The highest BCUT2D eigenvalue weighted by Crippen LogP contribution is 2.34. The fraction of sp³-hybridized carbons (Fsp3) is 0.438. The maximum Gasteiger partial charge on any atom is 0.186 e. The standard InChI is InChI=1S/C16H21N3OS/c1-17-10-14-15(12-6-4-3-5-7-12)18-16(21-14)19-9-8-13(11-19)20-2/h3-7,13,17H,8-11H2,1-2H3. The fourth-order valence-electron chi connectivity index (χ4n) is 2.67. The zero-order valence-electron chi connectivity index (χ0n) is 12.5. The maximum atomic E-state index is 5.45. The van der Waals surface area contributed by atoms with Gasteiger partial charge in [0.25, 0.3) is 0 Å². The van der Waals surface area contributed by atoms with Crippen LogP contribution >= 0.6 is 11.3 Å². The molecule has 0 amide bonds. The van der Waals surface area contributed by atoms with Gasteiger partial charge in [0.1, 0.15) is 0 Å². The minimum Gasteiger partial charge on any atom is -0.380 e. The van der Waals surface area contributed by atoms with Crippen molar-refractivity contribution in [2.45, 2.75) is 19.1 Å². The molecule has 1 saturated heterocycles. The summed E-state index contributed by atoms with van der Waals surface area (Å²) >= 11 is 1.79. The number of hydrogen-bond acceptors (Lipinski definition) is 5. The number of nitrogens with zero attached hydrogens (tertiary/aromatic N) is 2. The number of aromatic nitrogens is 1. The third-order valence-electron chi connectivity index (χ3n) is 3.82. The Balaban J connectivity index is 1.90. The lowest BCUT2D eigenvalue weighted by Crippen LogP contribution is -2.21. The summed E-state index contributed by atoms with van der Waals surface area (Å²) in [4.78, 5) is 8.53. The molecule has 1 fully saturated rings. The number of thiazole rings is 1. The number of rotatable bonds is 5. The minimum absolute atomic E-state index is 0.335. The first-order chi connectivity index (χ1) is 10.3. The highest BCUT2D eigenvalue weighted by molar-refractivity contribution is 7.16. The van der Waals surface area contributed by atoms with E-state index < -0.39 is 0 Å². The number of nitrogens with one attached hydrogen (secondary N) is 1. The number of ether oxygens (including phenoxy) is 1. The molecule has 0 spiro atoms. The summed E-state index contributed by atoms with van der Waals surface area (Å²) in [6.07, 6.45) is 1.42. The lowest BCUT2D eigenvalue weighted by molar-refractivity contribution is 0.121. The van der Waals surface area contributed by atoms with E-state index in [0.29, 0.717) is 6.10 Å². The van der Waals surface area contributed by atoms with Gasteiger partial charge in [-0.1, -0.05) is 41.7 Å². The molecule has 3 rings (SSSR count). The van der Waals surface area contributed by atoms with Crippen LogP contribution in [-0.4, -0.2) is 38.3 Å². The van der Waals surface area contributed by atoms with Gasteiger partial charge in [-0.15, -0.1) is 0 Å². The minimum atomic E-state index is 0.335. The molecule has 0 bridgehead atoms. The van der Waals surface area contributed by atoms with Crippen LogP contribution in [0.25, 0.3) is 11.3 Å². The Hall–Kier alpha value is -1.43. The molecule has 2 aromatic rings. The van der Waals surface area contributed by atoms with Crippen LogP contribution in [0.3, 0.4) is 0 Å². The normalized spacial score (nSPS) is 18.4. The Labute approximate surface area is 129 Å². The van der Waals surface area contributed by atoms with Crippen molar-refractivity contribution in [3.05, 3.63) is 35.2 Å². The SMILES string of the molecule is CNCc1sc(N2CCC(OC)C2)nc1-c1ccccc1. The molecule has 1 aliphatic heterocycles. The monoisotopic (exact) mass is 303 g/mol. The van der Waals surface area contributed by atoms with Gasteiger partial charge in [-0.05, 0) is 13.5 Å². The van der Waals surface area contributed by atoms with E-state index in [4.69, 9.17) is 9.72 Å². The van der Waals surface area contributed by atoms with Crippen LogP contribution in [0.2, 0.25) is 0 Å². The molecule has 1 aromatic carbocycles. The van der Waals surface area contributed by atoms with E-state index in [9.17, 15) is 0 Å². The van der Waals surface area contributed by atoms with Gasteiger partial charge in [0.2, 0.25) is 0 Å². The molecule has 0 saturated carbocycles. The van der Waals surface area contributed by atoms with Crippen LogP contribution in [0.1, 0.15) is 11.3 Å². The summed E-state index contributed by atoms with van der Waals surface area (Å²) in [7, 11) is 3.77. The lowest BCUT2D eigenvalue weighted by atomic mass is 10.1. The summed E-state index contributed by atoms with van der Waals surface area (Å²) in [5.41, 5.74) is 2.29. The van der Waals surface area contributed by atoms with E-state index in [0.717, 1.165) is 36.9 Å². The molecule has 0 aliphatic carbocycles. The largest absolute Gasteiger partial charge is 0.380 e. The highest BCUT2D eigenvalue weighted by atomic mass is 32.1. The van der Waals surface area contributed by atoms with Crippen molar-refractivity contribution in [3.8, 4) is 11.3 Å². The highest BCUT2D eigenvalue weighted by Gasteiger charge is 2.25. The van der Waals surface area contributed by atoms with Crippen molar-refractivity contribution in [2.75, 3.05) is 32.1 Å². The molecule has 1 atom stereocenters. The molecule has 0 radical (unpaired) electrons. The van der Waals surface area contributed by atoms with Crippen LogP contribution in [0, 0.1) is 0 Å². The fourth-order valence-corrected chi connectivity index (χ4v) is 3.80. The van der Waals surface area contributed by atoms with E-state index >= 15 is 0 Å². The first kappa shape index (κ1) is 14.5. The van der Waals surface area contributed by atoms with Crippen molar-refractivity contribution in [1.29, 1.82) is 0 Å². The van der Waals surface area contributed by atoms with Gasteiger partial charge in [0, 0.05) is 37.2 Å². The quantitative estimate of drug-likeness (QED) is 0.921. The van der Waals surface area contributed by atoms with Crippen LogP contribution in [-0.2, 0) is 11.3 Å². The van der Waals surface area contributed by atoms with Crippen LogP contribution in [0.5, 0.6) is 0 Å². The molecule has 1 aromatic heterocycles. The van der Waals surface area contributed by atoms with Gasteiger partial charge < -0.3 is 15.0 Å². The molecule has 21 heavy (non-hydrogen) atoms. The van der Waals surface area contributed by atoms with Crippen LogP contribution in [0.4, 0.5) is 5.13 Å². The van der Waals surface area contributed by atoms with Crippen molar-refractivity contribution in [2.24, 2.45) is 0 Å². The predicted molar refractivity (Wildman–Crippen MR) is 87.9 cm³/mol. The van der Waals surface area contributed by atoms with Gasteiger partial charge in [0.05, 0.1) is 11.8 Å². The number of methoxy groups -OCH3 is 1. The van der Waals surface area contributed by atoms with Gasteiger partial charge in [0.15, 0.2) is 5.13 Å². The van der Waals surface area contributed by atoms with Gasteiger partial charge in [-0.3, -0.25) is 0 Å². The average Bonchev–Trinajstić information content (AvgIpc) is 3.15. The second-order valence-electron chi connectivity index (χ2n) is 5.26. The molecule has 1 aliphatic rings. The van der Waals surface area contributed by atoms with E-state index in [1.165, 1.54) is 10.4 Å². The van der Waals surface area contributed by atoms with E-state index in [1.54, 1.807) is 18.4 Å². The van der Waals surface area contributed by atoms with Gasteiger partial charge >= 0.3 is 0 Å². The first-order valence-corrected chi connectivity index (χ1v) is 8.11. The third-order valence-corrected chi connectivity index (χ3v) is 4.94. The smallest absolute Gasteiger partial charge is 0.186 e. The van der Waals surface area contributed by atoms with Crippen molar-refractivity contribution < 1.29 is 4.74 Å². The molecule has 1 N–H and O–H groups in total.